The molecule has 3 nitrogen and oxygen atoms in total. The number of carbonyl (C=O) groups is 1. The normalized spacial score (nSPS) is 11.4. The minimum Gasteiger partial charge on any atom is -0.385 e. The van der Waals surface area contributed by atoms with E-state index in [0.717, 1.165) is 12.8 Å². The first kappa shape index (κ1) is 13.0. The molecule has 0 atom stereocenters. The predicted molar refractivity (Wildman–Crippen MR) is 59.5 cm³/mol. The zero-order valence-corrected chi connectivity index (χ0v) is 9.31. The molecule has 14 heavy (non-hydrogen) atoms. The summed E-state index contributed by atoms with van der Waals surface area (Å²) >= 11 is 0. The molecule has 0 radical (unpaired) electrons. The summed E-state index contributed by atoms with van der Waals surface area (Å²) in [5.74, 6) is 0.473. The number of allylic oxidation sites excluding steroid dienone is 1. The molecule has 1 amide bonds. The van der Waals surface area contributed by atoms with Crippen LogP contribution in [0.4, 0.5) is 0 Å². The number of hydrogen-bond donors (Lipinski definition) is 2. The summed E-state index contributed by atoms with van der Waals surface area (Å²) in [4.78, 5) is 11.2. The van der Waals surface area contributed by atoms with E-state index in [1.165, 1.54) is 19.3 Å². The molecule has 0 saturated heterocycles. The van der Waals surface area contributed by atoms with E-state index in [0.29, 0.717) is 12.2 Å². The number of nitrogens with two attached hydrogens (primary N) is 1. The van der Waals surface area contributed by atoms with Crippen molar-refractivity contribution in [2.45, 2.75) is 52.4 Å². The van der Waals surface area contributed by atoms with Gasteiger partial charge in [-0.2, -0.15) is 0 Å². The molecule has 0 unspecified atom stereocenters. The van der Waals surface area contributed by atoms with Gasteiger partial charge in [0, 0.05) is 6.42 Å². The van der Waals surface area contributed by atoms with E-state index in [2.05, 4.69) is 12.2 Å². The van der Waals surface area contributed by atoms with Crippen molar-refractivity contribution in [3.05, 3.63) is 11.9 Å². The van der Waals surface area contributed by atoms with E-state index in [4.69, 9.17) is 5.73 Å². The Morgan fingerprint density at radius 3 is 2.50 bits per heavy atom. The van der Waals surface area contributed by atoms with Crippen molar-refractivity contribution in [1.29, 1.82) is 0 Å². The van der Waals surface area contributed by atoms with Crippen molar-refractivity contribution in [1.82, 2.24) is 5.32 Å². The van der Waals surface area contributed by atoms with Crippen LogP contribution in [0.25, 0.3) is 0 Å². The first-order valence-corrected chi connectivity index (χ1v) is 5.42. The zero-order chi connectivity index (χ0) is 10.8. The maximum atomic E-state index is 11.2. The van der Waals surface area contributed by atoms with Crippen molar-refractivity contribution in [3.63, 3.8) is 0 Å². The largest absolute Gasteiger partial charge is 0.385 e. The topological polar surface area (TPSA) is 55.1 Å². The van der Waals surface area contributed by atoms with Gasteiger partial charge in [-0.3, -0.25) is 4.79 Å². The molecule has 0 aliphatic heterocycles. The van der Waals surface area contributed by atoms with E-state index < -0.39 is 0 Å². The summed E-state index contributed by atoms with van der Waals surface area (Å²) in [5, 5.41) is 2.62. The first-order chi connectivity index (χ1) is 6.70. The van der Waals surface area contributed by atoms with Crippen LogP contribution >= 0.6 is 0 Å². The van der Waals surface area contributed by atoms with Gasteiger partial charge >= 0.3 is 0 Å². The molecule has 0 aliphatic carbocycles. The monoisotopic (exact) mass is 198 g/mol. The quantitative estimate of drug-likeness (QED) is 0.617. The fourth-order valence-corrected chi connectivity index (χ4v) is 1.18. The fourth-order valence-electron chi connectivity index (χ4n) is 1.18. The van der Waals surface area contributed by atoms with Crippen molar-refractivity contribution in [3.8, 4) is 0 Å². The van der Waals surface area contributed by atoms with E-state index in [1.54, 1.807) is 13.0 Å². The molecule has 3 N–H and O–H groups in total. The van der Waals surface area contributed by atoms with Crippen LogP contribution in [0.2, 0.25) is 0 Å². The minimum atomic E-state index is 0.0251. The summed E-state index contributed by atoms with van der Waals surface area (Å²) in [6.07, 6.45) is 8.09. The maximum absolute atomic E-state index is 11.2. The van der Waals surface area contributed by atoms with Crippen LogP contribution in [-0.4, -0.2) is 5.91 Å². The SMILES string of the molecule is CC=C(N)NC(=O)CCCCCCC. The molecule has 0 bridgehead atoms. The Hall–Kier alpha value is -0.990. The van der Waals surface area contributed by atoms with Crippen LogP contribution in [0.5, 0.6) is 0 Å². The highest BCUT2D eigenvalue weighted by Gasteiger charge is 2.00. The molecule has 0 heterocycles. The third-order valence-electron chi connectivity index (χ3n) is 2.10. The van der Waals surface area contributed by atoms with Gasteiger partial charge in [-0.25, -0.2) is 0 Å². The van der Waals surface area contributed by atoms with Gasteiger partial charge in [0.2, 0.25) is 5.91 Å². The average Bonchev–Trinajstić information content (AvgIpc) is 2.17. The lowest BCUT2D eigenvalue weighted by Crippen LogP contribution is -2.26. The molecule has 0 aromatic rings. The Labute approximate surface area is 86.8 Å². The fraction of sp³-hybridized carbons (Fsp3) is 0.727. The first-order valence-electron chi connectivity index (χ1n) is 5.42. The lowest BCUT2D eigenvalue weighted by Gasteiger charge is -2.04. The molecule has 0 fully saturated rings. The third-order valence-corrected chi connectivity index (χ3v) is 2.10. The molecular formula is C11H22N2O. The van der Waals surface area contributed by atoms with Crippen LogP contribution in [0.1, 0.15) is 52.4 Å². The molecule has 3 heteroatoms. The second-order valence-electron chi connectivity index (χ2n) is 3.46. The highest BCUT2D eigenvalue weighted by Crippen LogP contribution is 2.04. The van der Waals surface area contributed by atoms with E-state index in [9.17, 15) is 4.79 Å². The lowest BCUT2D eigenvalue weighted by molar-refractivity contribution is -0.120. The van der Waals surface area contributed by atoms with Gasteiger partial charge in [0.05, 0.1) is 5.82 Å². The van der Waals surface area contributed by atoms with Crippen LogP contribution in [0, 0.1) is 0 Å². The Morgan fingerprint density at radius 2 is 1.93 bits per heavy atom. The molecule has 0 aliphatic rings. The lowest BCUT2D eigenvalue weighted by atomic mass is 10.1. The Morgan fingerprint density at radius 1 is 1.29 bits per heavy atom. The maximum Gasteiger partial charge on any atom is 0.225 e. The van der Waals surface area contributed by atoms with Gasteiger partial charge in [0.25, 0.3) is 0 Å². The van der Waals surface area contributed by atoms with Crippen LogP contribution < -0.4 is 11.1 Å². The molecule has 0 spiro atoms. The summed E-state index contributed by atoms with van der Waals surface area (Å²) in [6.45, 7) is 3.98. The van der Waals surface area contributed by atoms with E-state index in [1.807, 2.05) is 0 Å². The second-order valence-corrected chi connectivity index (χ2v) is 3.46. The number of unbranched alkanes of at least 4 members (excludes halogenated alkanes) is 4. The summed E-state index contributed by atoms with van der Waals surface area (Å²) < 4.78 is 0. The standard InChI is InChI=1S/C11H22N2O/c1-3-5-6-7-8-9-11(14)13-10(12)4-2/h4H,3,5-9,12H2,1-2H3,(H,13,14). The molecule has 82 valence electrons. The van der Waals surface area contributed by atoms with Crippen LogP contribution in [-0.2, 0) is 4.79 Å². The highest BCUT2D eigenvalue weighted by molar-refractivity contribution is 5.77. The van der Waals surface area contributed by atoms with Gasteiger partial charge in [-0.1, -0.05) is 32.6 Å². The second kappa shape index (κ2) is 8.60. The molecular weight excluding hydrogens is 176 g/mol. The smallest absolute Gasteiger partial charge is 0.225 e. The number of hydrogen-bond acceptors (Lipinski definition) is 2. The van der Waals surface area contributed by atoms with E-state index >= 15 is 0 Å². The molecule has 0 saturated carbocycles. The average molecular weight is 198 g/mol. The number of amides is 1. The van der Waals surface area contributed by atoms with Gasteiger partial charge < -0.3 is 11.1 Å². The molecule has 0 aromatic carbocycles. The Bertz CT molecular complexity index is 188. The number of nitrogens with one attached hydrogen (secondary N) is 1. The Balaban J connectivity index is 3.36. The molecule has 0 aromatic heterocycles. The van der Waals surface area contributed by atoms with E-state index in [-0.39, 0.29) is 5.91 Å². The molecule has 0 rings (SSSR count). The predicted octanol–water partition coefficient (Wildman–Crippen LogP) is 2.28. The third kappa shape index (κ3) is 7.65. The van der Waals surface area contributed by atoms with Crippen LogP contribution in [0.3, 0.4) is 0 Å². The van der Waals surface area contributed by atoms with Crippen LogP contribution in [0.15, 0.2) is 11.9 Å². The van der Waals surface area contributed by atoms with Crippen molar-refractivity contribution >= 4 is 5.91 Å². The summed E-state index contributed by atoms with van der Waals surface area (Å²) in [7, 11) is 0. The number of carbonyl (C=O) groups excluding carboxylic acids is 1. The van der Waals surface area contributed by atoms with Gasteiger partial charge in [-0.15, -0.1) is 0 Å². The van der Waals surface area contributed by atoms with Crippen molar-refractivity contribution in [2.24, 2.45) is 5.73 Å². The van der Waals surface area contributed by atoms with Crippen molar-refractivity contribution < 1.29 is 4.79 Å². The number of rotatable bonds is 7. The zero-order valence-electron chi connectivity index (χ0n) is 9.31. The minimum absolute atomic E-state index is 0.0251. The van der Waals surface area contributed by atoms with Gasteiger partial charge in [0.15, 0.2) is 0 Å². The van der Waals surface area contributed by atoms with Gasteiger partial charge in [0.1, 0.15) is 0 Å². The highest BCUT2D eigenvalue weighted by atomic mass is 16.1. The Kier molecular flexibility index (Phi) is 7.99. The van der Waals surface area contributed by atoms with Crippen molar-refractivity contribution in [2.75, 3.05) is 0 Å². The summed E-state index contributed by atoms with van der Waals surface area (Å²) in [5.41, 5.74) is 5.45. The summed E-state index contributed by atoms with van der Waals surface area (Å²) in [6, 6.07) is 0. The van der Waals surface area contributed by atoms with Gasteiger partial charge in [-0.05, 0) is 19.4 Å².